The van der Waals surface area contributed by atoms with Crippen LogP contribution in [0.2, 0.25) is 0 Å². The lowest BCUT2D eigenvalue weighted by Crippen LogP contribution is -2.40. The summed E-state index contributed by atoms with van der Waals surface area (Å²) in [5, 5.41) is 33.1. The van der Waals surface area contributed by atoms with Crippen molar-refractivity contribution in [3.05, 3.63) is 48.0 Å². The fourth-order valence-corrected chi connectivity index (χ4v) is 3.08. The molecule has 30 heavy (non-hydrogen) atoms. The summed E-state index contributed by atoms with van der Waals surface area (Å²) in [6.07, 6.45) is 3.70. The van der Waals surface area contributed by atoms with Crippen LogP contribution in [0.1, 0.15) is 41.5 Å². The first kappa shape index (κ1) is 28.4. The van der Waals surface area contributed by atoms with E-state index in [4.69, 9.17) is 0 Å². The summed E-state index contributed by atoms with van der Waals surface area (Å²) in [7, 11) is 1.96. The molecular weight excluding hydrogens is 376 g/mol. The van der Waals surface area contributed by atoms with Crippen molar-refractivity contribution in [1.82, 2.24) is 21.3 Å². The standard InChI is InChI=1S/C24H46N4O2/c1-10-21(19(3)29)12-26-15-24(7,8)16-27-13-22(20(4)30)11-18(2)28-17-23(5,6)14-25-9/h10-11,18,25-30H,1,4,12-17H2,2-3,5-9H3/b21-19-,22-11?. The van der Waals surface area contributed by atoms with Crippen molar-refractivity contribution in [1.29, 1.82) is 0 Å². The van der Waals surface area contributed by atoms with Crippen LogP contribution in [0, 0.1) is 10.8 Å². The Labute approximate surface area is 184 Å². The van der Waals surface area contributed by atoms with E-state index in [9.17, 15) is 10.2 Å². The Hall–Kier alpha value is -1.60. The van der Waals surface area contributed by atoms with Crippen molar-refractivity contribution in [2.75, 3.05) is 46.3 Å². The van der Waals surface area contributed by atoms with Crippen LogP contribution in [0.3, 0.4) is 0 Å². The Kier molecular flexibility index (Phi) is 12.9. The molecule has 0 aromatic carbocycles. The van der Waals surface area contributed by atoms with Crippen molar-refractivity contribution in [3.63, 3.8) is 0 Å². The maximum absolute atomic E-state index is 9.99. The second kappa shape index (κ2) is 13.7. The molecule has 0 saturated carbocycles. The van der Waals surface area contributed by atoms with Crippen LogP contribution >= 0.6 is 0 Å². The molecule has 0 saturated heterocycles. The van der Waals surface area contributed by atoms with Gasteiger partial charge in [0.1, 0.15) is 5.76 Å². The van der Waals surface area contributed by atoms with Gasteiger partial charge in [-0.15, -0.1) is 0 Å². The highest BCUT2D eigenvalue weighted by Crippen LogP contribution is 2.14. The van der Waals surface area contributed by atoms with E-state index in [1.807, 2.05) is 13.1 Å². The van der Waals surface area contributed by atoms with Gasteiger partial charge in [-0.2, -0.15) is 0 Å². The van der Waals surface area contributed by atoms with Gasteiger partial charge in [0.15, 0.2) is 0 Å². The molecule has 1 unspecified atom stereocenters. The minimum atomic E-state index is -0.00141. The first-order valence-electron chi connectivity index (χ1n) is 10.7. The molecule has 6 nitrogen and oxygen atoms in total. The quantitative estimate of drug-likeness (QED) is 0.169. The van der Waals surface area contributed by atoms with Crippen LogP contribution in [-0.4, -0.2) is 62.6 Å². The van der Waals surface area contributed by atoms with E-state index in [1.54, 1.807) is 13.0 Å². The Morgan fingerprint density at radius 1 is 0.967 bits per heavy atom. The van der Waals surface area contributed by atoms with Gasteiger partial charge in [-0.1, -0.05) is 53.0 Å². The second-order valence-corrected chi connectivity index (χ2v) is 9.69. The summed E-state index contributed by atoms with van der Waals surface area (Å²) < 4.78 is 0. The molecule has 0 radical (unpaired) electrons. The van der Waals surface area contributed by atoms with Gasteiger partial charge in [-0.3, -0.25) is 0 Å². The fraction of sp³-hybridized carbons (Fsp3) is 0.667. The highest BCUT2D eigenvalue weighted by atomic mass is 16.3. The van der Waals surface area contributed by atoms with Crippen molar-refractivity contribution in [2.24, 2.45) is 10.8 Å². The van der Waals surface area contributed by atoms with E-state index >= 15 is 0 Å². The van der Waals surface area contributed by atoms with Crippen molar-refractivity contribution in [3.8, 4) is 0 Å². The number of aliphatic hydroxyl groups excluding tert-OH is 2. The van der Waals surface area contributed by atoms with Crippen LogP contribution in [0.25, 0.3) is 0 Å². The van der Waals surface area contributed by atoms with Crippen molar-refractivity contribution in [2.45, 2.75) is 47.6 Å². The summed E-state index contributed by atoms with van der Waals surface area (Å²) in [5.74, 6) is 0.391. The molecule has 0 aromatic rings. The predicted octanol–water partition coefficient (Wildman–Crippen LogP) is 3.43. The number of hydrogen-bond donors (Lipinski definition) is 6. The van der Waals surface area contributed by atoms with E-state index in [1.165, 1.54) is 0 Å². The largest absolute Gasteiger partial charge is 0.512 e. The molecule has 0 bridgehead atoms. The van der Waals surface area contributed by atoms with Gasteiger partial charge in [-0.25, -0.2) is 0 Å². The SMILES string of the molecule is C=C/C(CNCC(C)(C)CNCC(=CC(C)NCC(C)(C)CNC)C(=C)O)=C(\C)O. The molecule has 0 aliphatic heterocycles. The highest BCUT2D eigenvalue weighted by molar-refractivity contribution is 5.25. The summed E-state index contributed by atoms with van der Waals surface area (Å²) in [5.41, 5.74) is 1.76. The predicted molar refractivity (Wildman–Crippen MR) is 130 cm³/mol. The zero-order valence-electron chi connectivity index (χ0n) is 20.3. The van der Waals surface area contributed by atoms with Gasteiger partial charge >= 0.3 is 0 Å². The molecule has 6 heteroatoms. The van der Waals surface area contributed by atoms with Gasteiger partial charge in [0.25, 0.3) is 0 Å². The van der Waals surface area contributed by atoms with Crippen LogP contribution < -0.4 is 21.3 Å². The maximum atomic E-state index is 9.99. The topological polar surface area (TPSA) is 88.6 Å². The second-order valence-electron chi connectivity index (χ2n) is 9.69. The maximum Gasteiger partial charge on any atom is 0.112 e. The zero-order valence-corrected chi connectivity index (χ0v) is 20.3. The molecule has 6 N–H and O–H groups in total. The van der Waals surface area contributed by atoms with Crippen LogP contribution in [0.4, 0.5) is 0 Å². The van der Waals surface area contributed by atoms with Crippen LogP contribution in [0.5, 0.6) is 0 Å². The number of allylic oxidation sites excluding steroid dienone is 1. The Morgan fingerprint density at radius 3 is 1.97 bits per heavy atom. The van der Waals surface area contributed by atoms with Gasteiger partial charge in [0.2, 0.25) is 0 Å². The summed E-state index contributed by atoms with van der Waals surface area (Å²) in [4.78, 5) is 0. The molecule has 174 valence electrons. The Morgan fingerprint density at radius 2 is 1.50 bits per heavy atom. The third kappa shape index (κ3) is 12.9. The van der Waals surface area contributed by atoms with Crippen molar-refractivity contribution >= 4 is 0 Å². The van der Waals surface area contributed by atoms with Crippen molar-refractivity contribution < 1.29 is 10.2 Å². The fourth-order valence-electron chi connectivity index (χ4n) is 3.08. The molecule has 0 rings (SSSR count). The number of hydrogen-bond acceptors (Lipinski definition) is 6. The summed E-state index contributed by atoms with van der Waals surface area (Å²) in [6, 6.07) is 0.127. The van der Waals surface area contributed by atoms with Gasteiger partial charge in [-0.05, 0) is 31.7 Å². The normalized spacial score (nSPS) is 15.0. The van der Waals surface area contributed by atoms with Gasteiger partial charge in [0.05, 0.1) is 5.76 Å². The number of rotatable bonds is 16. The molecule has 0 aliphatic rings. The highest BCUT2D eigenvalue weighted by Gasteiger charge is 2.19. The molecular formula is C24H46N4O2. The van der Waals surface area contributed by atoms with Gasteiger partial charge < -0.3 is 31.5 Å². The molecule has 0 heterocycles. The van der Waals surface area contributed by atoms with Crippen LogP contribution in [-0.2, 0) is 0 Å². The molecule has 0 aliphatic carbocycles. The third-order valence-corrected chi connectivity index (χ3v) is 4.93. The summed E-state index contributed by atoms with van der Waals surface area (Å²) >= 11 is 0. The molecule has 0 aromatic heterocycles. The first-order chi connectivity index (χ1) is 13.8. The van der Waals surface area contributed by atoms with E-state index in [2.05, 4.69) is 69.0 Å². The monoisotopic (exact) mass is 422 g/mol. The van der Waals surface area contributed by atoms with E-state index in [0.29, 0.717) is 18.8 Å². The smallest absolute Gasteiger partial charge is 0.112 e. The average Bonchev–Trinajstić information content (AvgIpc) is 2.62. The third-order valence-electron chi connectivity index (χ3n) is 4.93. The lowest BCUT2D eigenvalue weighted by Gasteiger charge is -2.27. The Balaban J connectivity index is 4.61. The summed E-state index contributed by atoms with van der Waals surface area (Å²) in [6.45, 7) is 24.4. The minimum absolute atomic E-state index is 0.00141. The van der Waals surface area contributed by atoms with E-state index < -0.39 is 0 Å². The first-order valence-corrected chi connectivity index (χ1v) is 10.7. The average molecular weight is 423 g/mol. The minimum Gasteiger partial charge on any atom is -0.512 e. The number of aliphatic hydroxyl groups is 2. The Bertz CT molecular complexity index is 602. The lowest BCUT2D eigenvalue weighted by molar-refractivity contribution is 0.321. The molecule has 0 fully saturated rings. The molecule has 0 spiro atoms. The van der Waals surface area contributed by atoms with Crippen LogP contribution in [0.15, 0.2) is 48.0 Å². The number of nitrogens with one attached hydrogen (secondary N) is 4. The van der Waals surface area contributed by atoms with E-state index in [0.717, 1.165) is 37.3 Å². The zero-order chi connectivity index (χ0) is 23.4. The van der Waals surface area contributed by atoms with Gasteiger partial charge in [0, 0.05) is 56.5 Å². The molecule has 0 amide bonds. The lowest BCUT2D eigenvalue weighted by atomic mass is 9.92. The molecule has 1 atom stereocenters. The van der Waals surface area contributed by atoms with E-state index in [-0.39, 0.29) is 22.6 Å².